The first-order valence-corrected chi connectivity index (χ1v) is 8.49. The van der Waals surface area contributed by atoms with Crippen molar-refractivity contribution in [2.24, 2.45) is 0 Å². The van der Waals surface area contributed by atoms with Gasteiger partial charge in [-0.05, 0) is 18.2 Å². The number of benzene rings is 1. The Morgan fingerprint density at radius 2 is 2.10 bits per heavy atom. The molecule has 1 aromatic carbocycles. The first-order valence-electron chi connectivity index (χ1n) is 7.16. The molecule has 0 radical (unpaired) electrons. The highest BCUT2D eigenvalue weighted by atomic mass is 35.5. The Balaban J connectivity index is 1.83. The summed E-state index contributed by atoms with van der Waals surface area (Å²) >= 11 is 7.93. The fourth-order valence-electron chi connectivity index (χ4n) is 2.58. The van der Waals surface area contributed by atoms with Gasteiger partial charge >= 0.3 is 0 Å². The van der Waals surface area contributed by atoms with Gasteiger partial charge in [-0.2, -0.15) is 11.8 Å². The lowest BCUT2D eigenvalue weighted by molar-refractivity contribution is -0.116. The van der Waals surface area contributed by atoms with Crippen LogP contribution < -0.4 is 11.1 Å². The van der Waals surface area contributed by atoms with E-state index in [0.717, 1.165) is 19.6 Å². The van der Waals surface area contributed by atoms with E-state index in [1.807, 2.05) is 11.8 Å². The molecule has 0 aromatic heterocycles. The van der Waals surface area contributed by atoms with E-state index >= 15 is 0 Å². The number of hydrogen-bond donors (Lipinski definition) is 2. The van der Waals surface area contributed by atoms with Gasteiger partial charge in [0.15, 0.2) is 0 Å². The smallest absolute Gasteiger partial charge is 0.225 e. The minimum absolute atomic E-state index is 0.0255. The van der Waals surface area contributed by atoms with E-state index in [0.29, 0.717) is 33.3 Å². The second kappa shape index (κ2) is 7.38. The number of nitrogens with zero attached hydrogens (tertiary/aromatic N) is 1. The van der Waals surface area contributed by atoms with Crippen LogP contribution in [0.3, 0.4) is 0 Å². The second-order valence-electron chi connectivity index (χ2n) is 5.55. The molecule has 4 nitrogen and oxygen atoms in total. The normalized spacial score (nSPS) is 23.0. The molecule has 2 atom stereocenters. The van der Waals surface area contributed by atoms with Gasteiger partial charge in [0.05, 0.1) is 11.4 Å². The van der Waals surface area contributed by atoms with Crippen LogP contribution in [0.15, 0.2) is 18.2 Å². The third-order valence-corrected chi connectivity index (χ3v) is 4.90. The Labute approximate surface area is 135 Å². The molecule has 0 bridgehead atoms. The van der Waals surface area contributed by atoms with Gasteiger partial charge in [0.2, 0.25) is 5.91 Å². The summed E-state index contributed by atoms with van der Waals surface area (Å²) < 4.78 is 0. The fraction of sp³-hybridized carbons (Fsp3) is 0.533. The van der Waals surface area contributed by atoms with E-state index in [9.17, 15) is 4.79 Å². The van der Waals surface area contributed by atoms with Crippen LogP contribution >= 0.6 is 23.4 Å². The molecule has 6 heteroatoms. The van der Waals surface area contributed by atoms with Crippen LogP contribution in [0.4, 0.5) is 11.4 Å². The number of nitrogen functional groups attached to an aromatic ring is 1. The lowest BCUT2D eigenvalue weighted by Crippen LogP contribution is -2.41. The van der Waals surface area contributed by atoms with Crippen molar-refractivity contribution in [1.82, 2.24) is 4.90 Å². The lowest BCUT2D eigenvalue weighted by Gasteiger charge is -2.34. The van der Waals surface area contributed by atoms with Gasteiger partial charge in [0, 0.05) is 41.6 Å². The number of nitrogens with one attached hydrogen (secondary N) is 1. The summed E-state index contributed by atoms with van der Waals surface area (Å²) in [5.74, 6) is -0.0255. The van der Waals surface area contributed by atoms with E-state index in [1.165, 1.54) is 0 Å². The standard InChI is InChI=1S/C15H22ClN3OS/c1-10-8-19(9-11(2)21-10)6-5-15(20)18-14-7-12(16)3-4-13(14)17/h3-4,7,10-11H,5-6,8-9,17H2,1-2H3,(H,18,20). The maximum atomic E-state index is 12.0. The van der Waals surface area contributed by atoms with Gasteiger partial charge in [0.25, 0.3) is 0 Å². The van der Waals surface area contributed by atoms with Crippen molar-refractivity contribution in [1.29, 1.82) is 0 Å². The topological polar surface area (TPSA) is 58.4 Å². The van der Waals surface area contributed by atoms with Crippen LogP contribution in [0.5, 0.6) is 0 Å². The van der Waals surface area contributed by atoms with E-state index in [1.54, 1.807) is 18.2 Å². The van der Waals surface area contributed by atoms with Crippen LogP contribution in [-0.4, -0.2) is 40.9 Å². The second-order valence-corrected chi connectivity index (χ2v) is 7.86. The molecular formula is C15H22ClN3OS. The summed E-state index contributed by atoms with van der Waals surface area (Å²) in [6.07, 6.45) is 0.468. The summed E-state index contributed by atoms with van der Waals surface area (Å²) in [6.45, 7) is 7.34. The Bertz CT molecular complexity index is 502. The zero-order valence-electron chi connectivity index (χ0n) is 12.4. The van der Waals surface area contributed by atoms with Crippen molar-refractivity contribution in [3.63, 3.8) is 0 Å². The molecule has 21 heavy (non-hydrogen) atoms. The number of carbonyl (C=O) groups excluding carboxylic acids is 1. The van der Waals surface area contributed by atoms with Crippen molar-refractivity contribution in [2.75, 3.05) is 30.7 Å². The molecule has 1 aliphatic rings. The van der Waals surface area contributed by atoms with E-state index in [2.05, 4.69) is 24.1 Å². The highest BCUT2D eigenvalue weighted by Gasteiger charge is 2.22. The summed E-state index contributed by atoms with van der Waals surface area (Å²) in [5, 5.41) is 4.65. The number of rotatable bonds is 4. The maximum Gasteiger partial charge on any atom is 0.225 e. The largest absolute Gasteiger partial charge is 0.397 e. The summed E-state index contributed by atoms with van der Waals surface area (Å²) in [5.41, 5.74) is 6.94. The number of nitrogens with two attached hydrogens (primary N) is 1. The molecule has 2 unspecified atom stereocenters. The third-order valence-electron chi connectivity index (χ3n) is 3.44. The Morgan fingerprint density at radius 1 is 1.43 bits per heavy atom. The van der Waals surface area contributed by atoms with Gasteiger partial charge in [-0.3, -0.25) is 4.79 Å². The maximum absolute atomic E-state index is 12.0. The number of thioether (sulfide) groups is 1. The first kappa shape index (κ1) is 16.5. The molecule has 3 N–H and O–H groups in total. The average molecular weight is 328 g/mol. The molecule has 1 heterocycles. The number of anilines is 2. The van der Waals surface area contributed by atoms with Crippen LogP contribution in [0, 0.1) is 0 Å². The molecule has 1 aromatic rings. The number of amides is 1. The molecule has 1 aliphatic heterocycles. The van der Waals surface area contributed by atoms with Crippen molar-refractivity contribution in [2.45, 2.75) is 30.8 Å². The predicted molar refractivity (Wildman–Crippen MR) is 92.1 cm³/mol. The molecule has 1 amide bonds. The monoisotopic (exact) mass is 327 g/mol. The Hall–Kier alpha value is -0.910. The molecule has 0 spiro atoms. The van der Waals surface area contributed by atoms with E-state index in [-0.39, 0.29) is 5.91 Å². The molecule has 1 saturated heterocycles. The minimum atomic E-state index is -0.0255. The number of halogens is 1. The van der Waals surface area contributed by atoms with E-state index in [4.69, 9.17) is 17.3 Å². The lowest BCUT2D eigenvalue weighted by atomic mass is 10.2. The quantitative estimate of drug-likeness (QED) is 0.834. The molecule has 1 fully saturated rings. The van der Waals surface area contributed by atoms with Crippen molar-refractivity contribution >= 4 is 40.6 Å². The summed E-state index contributed by atoms with van der Waals surface area (Å²) in [4.78, 5) is 14.4. The number of carbonyl (C=O) groups is 1. The van der Waals surface area contributed by atoms with Crippen LogP contribution in [-0.2, 0) is 4.79 Å². The third kappa shape index (κ3) is 5.09. The molecule has 116 valence electrons. The summed E-state index contributed by atoms with van der Waals surface area (Å²) in [6, 6.07) is 5.08. The first-order chi connectivity index (χ1) is 9.94. The highest BCUT2D eigenvalue weighted by Crippen LogP contribution is 2.25. The number of hydrogen-bond acceptors (Lipinski definition) is 4. The van der Waals surface area contributed by atoms with Crippen LogP contribution in [0.25, 0.3) is 0 Å². The minimum Gasteiger partial charge on any atom is -0.397 e. The van der Waals surface area contributed by atoms with Gasteiger partial charge in [0.1, 0.15) is 0 Å². The van der Waals surface area contributed by atoms with Gasteiger partial charge in [-0.1, -0.05) is 25.4 Å². The predicted octanol–water partition coefficient (Wildman–Crippen LogP) is 3.08. The molecular weight excluding hydrogens is 306 g/mol. The highest BCUT2D eigenvalue weighted by molar-refractivity contribution is 8.00. The molecule has 2 rings (SSSR count). The fourth-order valence-corrected chi connectivity index (χ4v) is 4.14. The molecule has 0 saturated carbocycles. The van der Waals surface area contributed by atoms with E-state index < -0.39 is 0 Å². The Morgan fingerprint density at radius 3 is 2.76 bits per heavy atom. The van der Waals surface area contributed by atoms with Crippen LogP contribution in [0.2, 0.25) is 5.02 Å². The zero-order chi connectivity index (χ0) is 15.4. The Kier molecular flexibility index (Phi) is 5.79. The van der Waals surface area contributed by atoms with Crippen molar-refractivity contribution in [3.8, 4) is 0 Å². The van der Waals surface area contributed by atoms with Gasteiger partial charge in [-0.25, -0.2) is 0 Å². The van der Waals surface area contributed by atoms with Crippen molar-refractivity contribution < 1.29 is 4.79 Å². The average Bonchev–Trinajstić information content (AvgIpc) is 2.40. The van der Waals surface area contributed by atoms with Gasteiger partial charge < -0.3 is 16.0 Å². The zero-order valence-corrected chi connectivity index (χ0v) is 14.0. The molecule has 0 aliphatic carbocycles. The summed E-state index contributed by atoms with van der Waals surface area (Å²) in [7, 11) is 0. The van der Waals surface area contributed by atoms with Crippen LogP contribution in [0.1, 0.15) is 20.3 Å². The van der Waals surface area contributed by atoms with Crippen molar-refractivity contribution in [3.05, 3.63) is 23.2 Å². The van der Waals surface area contributed by atoms with Gasteiger partial charge in [-0.15, -0.1) is 0 Å². The SMILES string of the molecule is CC1CN(CCC(=O)Nc2cc(Cl)ccc2N)CC(C)S1.